The van der Waals surface area contributed by atoms with Gasteiger partial charge in [0.1, 0.15) is 0 Å². The van der Waals surface area contributed by atoms with Gasteiger partial charge in [-0.2, -0.15) is 10.2 Å². The van der Waals surface area contributed by atoms with Gasteiger partial charge in [0.15, 0.2) is 0 Å². The number of aromatic nitrogens is 4. The highest BCUT2D eigenvalue weighted by Gasteiger charge is 2.25. The van der Waals surface area contributed by atoms with Crippen LogP contribution in [-0.4, -0.2) is 55.1 Å². The molecule has 28 heavy (non-hydrogen) atoms. The lowest BCUT2D eigenvalue weighted by Gasteiger charge is -2.15. The summed E-state index contributed by atoms with van der Waals surface area (Å²) in [5, 5.41) is 23.6. The molecule has 1 atom stereocenters. The van der Waals surface area contributed by atoms with E-state index in [4.69, 9.17) is 0 Å². The zero-order valence-corrected chi connectivity index (χ0v) is 15.6. The SMILES string of the molecule is Cn1ncc2ccc(Cc3[nH]nc4ccc(C(=O)N5CC[C@H](O)C5)cc34)cc21. The average molecular weight is 375 g/mol. The zero-order valence-electron chi connectivity index (χ0n) is 15.6. The second-order valence-electron chi connectivity index (χ2n) is 7.47. The molecule has 0 radical (unpaired) electrons. The lowest BCUT2D eigenvalue weighted by Crippen LogP contribution is -2.29. The van der Waals surface area contributed by atoms with E-state index in [-0.39, 0.29) is 5.91 Å². The quantitative estimate of drug-likeness (QED) is 0.575. The number of β-amino-alcohol motifs (C(OH)–C–C–N with tert-alkyl or cyclic N) is 1. The molecular formula is C21H21N5O2. The predicted molar refractivity (Wildman–Crippen MR) is 106 cm³/mol. The van der Waals surface area contributed by atoms with Crippen LogP contribution in [0, 0.1) is 0 Å². The van der Waals surface area contributed by atoms with E-state index in [0.29, 0.717) is 31.5 Å². The molecule has 7 heteroatoms. The van der Waals surface area contributed by atoms with Gasteiger partial charge in [-0.3, -0.25) is 14.6 Å². The molecule has 0 unspecified atom stereocenters. The summed E-state index contributed by atoms with van der Waals surface area (Å²) in [6.07, 6.45) is 2.77. The molecule has 0 spiro atoms. The van der Waals surface area contributed by atoms with Crippen LogP contribution in [0.2, 0.25) is 0 Å². The van der Waals surface area contributed by atoms with Crippen molar-refractivity contribution >= 4 is 27.7 Å². The fraction of sp³-hybridized carbons (Fsp3) is 0.286. The van der Waals surface area contributed by atoms with Crippen LogP contribution in [0.1, 0.15) is 28.0 Å². The second kappa shape index (κ2) is 6.45. The summed E-state index contributed by atoms with van der Waals surface area (Å²) < 4.78 is 1.87. The molecule has 1 aliphatic rings. The molecule has 2 N–H and O–H groups in total. The van der Waals surface area contributed by atoms with Crippen LogP contribution in [0.25, 0.3) is 21.8 Å². The number of aromatic amines is 1. The number of nitrogens with zero attached hydrogens (tertiary/aromatic N) is 4. The minimum Gasteiger partial charge on any atom is -0.391 e. The van der Waals surface area contributed by atoms with Crippen molar-refractivity contribution in [1.82, 2.24) is 24.9 Å². The number of hydrogen-bond donors (Lipinski definition) is 2. The van der Waals surface area contributed by atoms with E-state index in [1.165, 1.54) is 0 Å². The Labute approximate surface area is 161 Å². The van der Waals surface area contributed by atoms with Gasteiger partial charge < -0.3 is 10.0 Å². The minimum absolute atomic E-state index is 0.0399. The third-order valence-electron chi connectivity index (χ3n) is 5.52. The molecule has 4 aromatic rings. The Balaban J connectivity index is 1.47. The molecule has 3 heterocycles. The number of aliphatic hydroxyl groups is 1. The number of benzene rings is 2. The molecule has 1 fully saturated rings. The smallest absolute Gasteiger partial charge is 0.253 e. The topological polar surface area (TPSA) is 87.0 Å². The maximum atomic E-state index is 12.8. The molecule has 1 saturated heterocycles. The molecule has 7 nitrogen and oxygen atoms in total. The van der Waals surface area contributed by atoms with E-state index in [0.717, 1.165) is 33.1 Å². The van der Waals surface area contributed by atoms with Gasteiger partial charge in [0.05, 0.1) is 23.3 Å². The third-order valence-corrected chi connectivity index (χ3v) is 5.52. The van der Waals surface area contributed by atoms with E-state index in [1.54, 1.807) is 4.90 Å². The molecule has 1 aliphatic heterocycles. The van der Waals surface area contributed by atoms with Gasteiger partial charge in [0.2, 0.25) is 0 Å². The summed E-state index contributed by atoms with van der Waals surface area (Å²) in [5.41, 5.74) is 4.69. The van der Waals surface area contributed by atoms with Gasteiger partial charge in [-0.05, 0) is 36.2 Å². The summed E-state index contributed by atoms with van der Waals surface area (Å²) in [4.78, 5) is 14.5. The van der Waals surface area contributed by atoms with Crippen LogP contribution in [-0.2, 0) is 13.5 Å². The van der Waals surface area contributed by atoms with Crippen molar-refractivity contribution < 1.29 is 9.90 Å². The fourth-order valence-electron chi connectivity index (χ4n) is 3.94. The Morgan fingerprint density at radius 2 is 2.18 bits per heavy atom. The first-order valence-electron chi connectivity index (χ1n) is 9.43. The predicted octanol–water partition coefficient (Wildman–Crippen LogP) is 2.25. The summed E-state index contributed by atoms with van der Waals surface area (Å²) >= 11 is 0. The fourth-order valence-corrected chi connectivity index (χ4v) is 3.94. The molecule has 0 bridgehead atoms. The first-order valence-corrected chi connectivity index (χ1v) is 9.43. The lowest BCUT2D eigenvalue weighted by molar-refractivity contribution is 0.0765. The number of rotatable bonds is 3. The number of amides is 1. The van der Waals surface area contributed by atoms with Gasteiger partial charge in [-0.1, -0.05) is 12.1 Å². The molecule has 2 aromatic heterocycles. The van der Waals surface area contributed by atoms with Crippen LogP contribution < -0.4 is 0 Å². The number of nitrogens with one attached hydrogen (secondary N) is 1. The highest BCUT2D eigenvalue weighted by atomic mass is 16.3. The largest absolute Gasteiger partial charge is 0.391 e. The average Bonchev–Trinajstić information content (AvgIpc) is 3.41. The monoisotopic (exact) mass is 375 g/mol. The Kier molecular flexibility index (Phi) is 3.91. The van der Waals surface area contributed by atoms with Crippen molar-refractivity contribution in [1.29, 1.82) is 0 Å². The number of aryl methyl sites for hydroxylation is 1. The number of likely N-dealkylation sites (tertiary alicyclic amines) is 1. The summed E-state index contributed by atoms with van der Waals surface area (Å²) in [5.74, 6) is -0.0399. The number of hydrogen-bond acceptors (Lipinski definition) is 4. The summed E-state index contributed by atoms with van der Waals surface area (Å²) in [6.45, 7) is 1.00. The highest BCUT2D eigenvalue weighted by Crippen LogP contribution is 2.24. The number of carbonyl (C=O) groups is 1. The normalized spacial score (nSPS) is 17.1. The number of aliphatic hydroxyl groups excluding tert-OH is 1. The van der Waals surface area contributed by atoms with E-state index in [2.05, 4.69) is 33.5 Å². The Hall–Kier alpha value is -3.19. The molecule has 1 amide bonds. The van der Waals surface area contributed by atoms with Crippen LogP contribution in [0.5, 0.6) is 0 Å². The Morgan fingerprint density at radius 3 is 3.00 bits per heavy atom. The van der Waals surface area contributed by atoms with Crippen LogP contribution in [0.3, 0.4) is 0 Å². The molecule has 2 aromatic carbocycles. The van der Waals surface area contributed by atoms with Crippen molar-refractivity contribution in [3.63, 3.8) is 0 Å². The van der Waals surface area contributed by atoms with Crippen molar-refractivity contribution in [2.45, 2.75) is 18.9 Å². The van der Waals surface area contributed by atoms with E-state index in [9.17, 15) is 9.90 Å². The summed E-state index contributed by atoms with van der Waals surface area (Å²) in [7, 11) is 1.94. The number of H-pyrrole nitrogens is 1. The van der Waals surface area contributed by atoms with E-state index in [1.807, 2.05) is 36.1 Å². The molecule has 0 saturated carbocycles. The minimum atomic E-state index is -0.418. The van der Waals surface area contributed by atoms with Gasteiger partial charge in [0, 0.05) is 48.6 Å². The summed E-state index contributed by atoms with van der Waals surface area (Å²) in [6, 6.07) is 11.9. The van der Waals surface area contributed by atoms with Crippen molar-refractivity contribution in [3.8, 4) is 0 Å². The van der Waals surface area contributed by atoms with Crippen molar-refractivity contribution in [2.24, 2.45) is 7.05 Å². The van der Waals surface area contributed by atoms with Crippen LogP contribution in [0.4, 0.5) is 0 Å². The van der Waals surface area contributed by atoms with Gasteiger partial charge in [-0.15, -0.1) is 0 Å². The van der Waals surface area contributed by atoms with Gasteiger partial charge >= 0.3 is 0 Å². The van der Waals surface area contributed by atoms with Gasteiger partial charge in [-0.25, -0.2) is 0 Å². The maximum Gasteiger partial charge on any atom is 0.253 e. The second-order valence-corrected chi connectivity index (χ2v) is 7.47. The molecule has 5 rings (SSSR count). The van der Waals surface area contributed by atoms with E-state index >= 15 is 0 Å². The molecule has 0 aliphatic carbocycles. The first-order chi connectivity index (χ1) is 13.6. The Morgan fingerprint density at radius 1 is 1.29 bits per heavy atom. The highest BCUT2D eigenvalue weighted by molar-refractivity contribution is 5.98. The lowest BCUT2D eigenvalue weighted by atomic mass is 10.0. The van der Waals surface area contributed by atoms with Crippen LogP contribution in [0.15, 0.2) is 42.6 Å². The van der Waals surface area contributed by atoms with Crippen molar-refractivity contribution in [3.05, 3.63) is 59.4 Å². The van der Waals surface area contributed by atoms with Crippen molar-refractivity contribution in [2.75, 3.05) is 13.1 Å². The maximum absolute atomic E-state index is 12.8. The van der Waals surface area contributed by atoms with E-state index < -0.39 is 6.10 Å². The van der Waals surface area contributed by atoms with Crippen LogP contribution >= 0.6 is 0 Å². The first kappa shape index (κ1) is 16.9. The standard InChI is InChI=1S/C21H21N5O2/c1-25-20-9-13(2-3-15(20)11-22-25)8-19-17-10-14(4-5-18(17)23-24-19)21(28)26-7-6-16(27)12-26/h2-5,9-11,16,27H,6-8,12H2,1H3,(H,23,24)/t16-/m0/s1. The Bertz CT molecular complexity index is 1190. The molecule has 142 valence electrons. The number of fused-ring (bicyclic) bond motifs is 2. The number of carbonyl (C=O) groups excluding carboxylic acids is 1. The molecular weight excluding hydrogens is 354 g/mol. The zero-order chi connectivity index (χ0) is 19.3. The van der Waals surface area contributed by atoms with Gasteiger partial charge in [0.25, 0.3) is 5.91 Å². The third kappa shape index (κ3) is 2.84.